The molecule has 0 radical (unpaired) electrons. The molecule has 0 amide bonds. The molecule has 0 spiro atoms. The molecular weight excluding hydrogens is 341 g/mol. The van der Waals surface area contributed by atoms with Crippen LogP contribution in [0.3, 0.4) is 0 Å². The maximum absolute atomic E-state index is 13.0. The minimum atomic E-state index is -0.780. The number of thiocarbonyl (C=S) groups is 1. The van der Waals surface area contributed by atoms with E-state index >= 15 is 0 Å². The second kappa shape index (κ2) is 6.83. The second-order valence-corrected chi connectivity index (χ2v) is 4.90. The van der Waals surface area contributed by atoms with Gasteiger partial charge in [0.1, 0.15) is 11.5 Å². The average molecular weight is 351 g/mol. The topological polar surface area (TPSA) is 128 Å². The Balaban J connectivity index is 2.42. The van der Waals surface area contributed by atoms with Gasteiger partial charge in [-0.1, -0.05) is 0 Å². The zero-order valence-electron chi connectivity index (χ0n) is 11.9. The summed E-state index contributed by atoms with van der Waals surface area (Å²) in [5, 5.41) is 22.8. The van der Waals surface area contributed by atoms with Crippen LogP contribution in [0.25, 0.3) is 0 Å². The number of anilines is 2. The van der Waals surface area contributed by atoms with Crippen LogP contribution in [0.15, 0.2) is 42.5 Å². The molecule has 0 aliphatic carbocycles. The summed E-state index contributed by atoms with van der Waals surface area (Å²) in [7, 11) is 0. The maximum atomic E-state index is 13.0. The van der Waals surface area contributed by atoms with E-state index in [0.29, 0.717) is 5.69 Å². The van der Waals surface area contributed by atoms with Crippen molar-refractivity contribution in [3.05, 3.63) is 68.5 Å². The smallest absolute Gasteiger partial charge is 0.300 e. The molecule has 124 valence electrons. The third kappa shape index (κ3) is 3.70. The molecule has 0 heterocycles. The second-order valence-electron chi connectivity index (χ2n) is 4.48. The minimum absolute atomic E-state index is 0.0669. The monoisotopic (exact) mass is 351 g/mol. The van der Waals surface area contributed by atoms with E-state index in [0.717, 1.165) is 35.3 Å². The van der Waals surface area contributed by atoms with Gasteiger partial charge in [0.25, 0.3) is 5.69 Å². The summed E-state index contributed by atoms with van der Waals surface area (Å²) in [5.41, 5.74) is 7.49. The van der Waals surface area contributed by atoms with Crippen LogP contribution in [0.1, 0.15) is 0 Å². The Morgan fingerprint density at radius 1 is 1.12 bits per heavy atom. The number of halogens is 1. The number of non-ortho nitro benzene ring substituents is 1. The van der Waals surface area contributed by atoms with Crippen molar-refractivity contribution in [2.45, 2.75) is 0 Å². The number of hydrazine groups is 1. The fourth-order valence-electron chi connectivity index (χ4n) is 1.84. The third-order valence-corrected chi connectivity index (χ3v) is 3.11. The molecular formula is C13H10FN5O4S. The average Bonchev–Trinajstić information content (AvgIpc) is 2.53. The van der Waals surface area contributed by atoms with Gasteiger partial charge in [-0.15, -0.1) is 0 Å². The molecule has 9 nitrogen and oxygen atoms in total. The van der Waals surface area contributed by atoms with Crippen molar-refractivity contribution in [3.63, 3.8) is 0 Å². The molecule has 0 saturated carbocycles. The Bertz CT molecular complexity index is 815. The predicted molar refractivity (Wildman–Crippen MR) is 89.0 cm³/mol. The quantitative estimate of drug-likeness (QED) is 0.478. The van der Waals surface area contributed by atoms with E-state index in [-0.39, 0.29) is 10.8 Å². The summed E-state index contributed by atoms with van der Waals surface area (Å²) in [6.07, 6.45) is 0. The molecule has 0 saturated heterocycles. The SMILES string of the molecule is NC(=S)N(Nc1ccc([N+](=O)[O-])cc1[N+](=O)[O-])c1ccc(F)cc1. The van der Waals surface area contributed by atoms with E-state index < -0.39 is 27.0 Å². The number of hydrogen-bond donors (Lipinski definition) is 2. The number of nitro groups is 2. The molecule has 0 fully saturated rings. The van der Waals surface area contributed by atoms with Crippen LogP contribution in [0.5, 0.6) is 0 Å². The van der Waals surface area contributed by atoms with Crippen molar-refractivity contribution in [1.29, 1.82) is 0 Å². The van der Waals surface area contributed by atoms with E-state index in [2.05, 4.69) is 5.43 Å². The largest absolute Gasteiger partial charge is 0.374 e. The van der Waals surface area contributed by atoms with E-state index in [9.17, 15) is 24.6 Å². The Morgan fingerprint density at radius 2 is 1.75 bits per heavy atom. The molecule has 0 aliphatic rings. The highest BCUT2D eigenvalue weighted by molar-refractivity contribution is 7.80. The van der Waals surface area contributed by atoms with Gasteiger partial charge in [-0.05, 0) is 42.5 Å². The summed E-state index contributed by atoms with van der Waals surface area (Å²) >= 11 is 4.88. The van der Waals surface area contributed by atoms with Crippen molar-refractivity contribution >= 4 is 40.1 Å². The molecule has 0 aliphatic heterocycles. The third-order valence-electron chi connectivity index (χ3n) is 2.93. The van der Waals surface area contributed by atoms with Crippen molar-refractivity contribution in [2.24, 2.45) is 5.73 Å². The van der Waals surface area contributed by atoms with E-state index in [1.165, 1.54) is 12.1 Å². The fraction of sp³-hybridized carbons (Fsp3) is 0. The van der Waals surface area contributed by atoms with Crippen molar-refractivity contribution in [3.8, 4) is 0 Å². The number of rotatable bonds is 5. The van der Waals surface area contributed by atoms with Gasteiger partial charge < -0.3 is 5.73 Å². The van der Waals surface area contributed by atoms with Crippen LogP contribution in [0.2, 0.25) is 0 Å². The number of benzene rings is 2. The van der Waals surface area contributed by atoms with E-state index in [1.54, 1.807) is 0 Å². The Morgan fingerprint density at radius 3 is 2.25 bits per heavy atom. The van der Waals surface area contributed by atoms with E-state index in [1.807, 2.05) is 0 Å². The molecule has 0 unspecified atom stereocenters. The molecule has 0 aromatic heterocycles. The predicted octanol–water partition coefficient (Wildman–Crippen LogP) is 2.72. The summed E-state index contributed by atoms with van der Waals surface area (Å²) in [6.45, 7) is 0. The lowest BCUT2D eigenvalue weighted by Crippen LogP contribution is -2.40. The van der Waals surface area contributed by atoms with Gasteiger partial charge in [0, 0.05) is 6.07 Å². The summed E-state index contributed by atoms with van der Waals surface area (Å²) < 4.78 is 13.0. The molecule has 3 N–H and O–H groups in total. The molecule has 2 rings (SSSR count). The lowest BCUT2D eigenvalue weighted by Gasteiger charge is -2.24. The van der Waals surface area contributed by atoms with Gasteiger partial charge >= 0.3 is 5.69 Å². The van der Waals surface area contributed by atoms with Crippen molar-refractivity contribution in [2.75, 3.05) is 10.4 Å². The van der Waals surface area contributed by atoms with Gasteiger partial charge in [-0.25, -0.2) is 9.40 Å². The first-order valence-electron chi connectivity index (χ1n) is 6.34. The molecule has 0 atom stereocenters. The fourth-order valence-corrected chi connectivity index (χ4v) is 1.99. The van der Waals surface area contributed by atoms with Crippen LogP contribution in [-0.2, 0) is 0 Å². The van der Waals surface area contributed by atoms with Crippen molar-refractivity contribution < 1.29 is 14.2 Å². The molecule has 0 bridgehead atoms. The summed E-state index contributed by atoms with van der Waals surface area (Å²) in [4.78, 5) is 20.4. The molecule has 2 aromatic rings. The Kier molecular flexibility index (Phi) is 4.84. The first kappa shape index (κ1) is 17.0. The number of nitrogens with two attached hydrogens (primary N) is 1. The van der Waals surface area contributed by atoms with Crippen LogP contribution in [-0.4, -0.2) is 15.0 Å². The number of nitro benzene ring substituents is 2. The van der Waals surface area contributed by atoms with Gasteiger partial charge in [-0.2, -0.15) is 0 Å². The first-order valence-corrected chi connectivity index (χ1v) is 6.75. The first-order chi connectivity index (χ1) is 11.3. The van der Waals surface area contributed by atoms with Crippen LogP contribution in [0.4, 0.5) is 27.1 Å². The molecule has 2 aromatic carbocycles. The van der Waals surface area contributed by atoms with Gasteiger partial charge in [0.2, 0.25) is 0 Å². The lowest BCUT2D eigenvalue weighted by atomic mass is 10.2. The standard InChI is InChI=1S/C13H10FN5O4S/c14-8-1-3-9(4-2-8)17(13(15)24)16-11-6-5-10(18(20)21)7-12(11)19(22)23/h1-7,16H,(H2,15,24). The Labute approximate surface area is 139 Å². The lowest BCUT2D eigenvalue weighted by molar-refractivity contribution is -0.393. The highest BCUT2D eigenvalue weighted by Gasteiger charge is 2.22. The van der Waals surface area contributed by atoms with Crippen LogP contribution >= 0.6 is 12.2 Å². The highest BCUT2D eigenvalue weighted by Crippen LogP contribution is 2.30. The molecule has 11 heteroatoms. The summed E-state index contributed by atoms with van der Waals surface area (Å²) in [5.74, 6) is -0.483. The van der Waals surface area contributed by atoms with Crippen LogP contribution < -0.4 is 16.2 Å². The Hall–Kier alpha value is -3.34. The van der Waals surface area contributed by atoms with Gasteiger partial charge in [-0.3, -0.25) is 25.7 Å². The number of hydrogen-bond acceptors (Lipinski definition) is 6. The van der Waals surface area contributed by atoms with Gasteiger partial charge in [0.05, 0.1) is 21.6 Å². The van der Waals surface area contributed by atoms with Gasteiger partial charge in [0.15, 0.2) is 5.11 Å². The van der Waals surface area contributed by atoms with E-state index in [4.69, 9.17) is 18.0 Å². The highest BCUT2D eigenvalue weighted by atomic mass is 32.1. The zero-order valence-corrected chi connectivity index (χ0v) is 12.7. The normalized spacial score (nSPS) is 10.0. The number of nitrogens with zero attached hydrogens (tertiary/aromatic N) is 3. The molecule has 24 heavy (non-hydrogen) atoms. The number of nitrogens with one attached hydrogen (secondary N) is 1. The van der Waals surface area contributed by atoms with Crippen molar-refractivity contribution in [1.82, 2.24) is 0 Å². The van der Waals surface area contributed by atoms with Crippen LogP contribution in [0, 0.1) is 26.0 Å². The maximum Gasteiger partial charge on any atom is 0.300 e. The summed E-state index contributed by atoms with van der Waals surface area (Å²) in [6, 6.07) is 8.10. The zero-order chi connectivity index (χ0) is 17.9. The minimum Gasteiger partial charge on any atom is -0.374 e.